The fraction of sp³-hybridized carbons (Fsp3) is 0.500. The van der Waals surface area contributed by atoms with Gasteiger partial charge in [0, 0.05) is 6.54 Å². The maximum absolute atomic E-state index is 13.8. The molecule has 0 radical (unpaired) electrons. The van der Waals surface area contributed by atoms with Crippen LogP contribution in [0.3, 0.4) is 0 Å². The number of hydrogen-bond donors (Lipinski definition) is 2. The highest BCUT2D eigenvalue weighted by Crippen LogP contribution is 2.20. The van der Waals surface area contributed by atoms with Crippen molar-refractivity contribution in [2.45, 2.75) is 39.3 Å². The summed E-state index contributed by atoms with van der Waals surface area (Å²) < 4.78 is 19.1. The third-order valence-corrected chi connectivity index (χ3v) is 2.71. The smallest absolute Gasteiger partial charge is 0.258 e. The van der Waals surface area contributed by atoms with Gasteiger partial charge in [0.15, 0.2) is 17.7 Å². The highest BCUT2D eigenvalue weighted by molar-refractivity contribution is 5.79. The Hall–Kier alpha value is -1.62. The summed E-state index contributed by atoms with van der Waals surface area (Å²) in [6.45, 7) is 5.33. The number of hydrogen-bond acceptors (Lipinski definition) is 3. The van der Waals surface area contributed by atoms with Crippen LogP contribution in [0.15, 0.2) is 18.2 Å². The van der Waals surface area contributed by atoms with E-state index in [9.17, 15) is 9.18 Å². The predicted octanol–water partition coefficient (Wildman–Crippen LogP) is 1.97. The van der Waals surface area contributed by atoms with E-state index < -0.39 is 17.8 Å². The largest absolute Gasteiger partial charge is 0.478 e. The molecular formula is C14H21FN2O2. The number of halogens is 1. The number of benzene rings is 1. The Morgan fingerprint density at radius 2 is 2.21 bits per heavy atom. The number of amides is 1. The first-order valence-electron chi connectivity index (χ1n) is 6.53. The first-order chi connectivity index (χ1) is 9.08. The molecule has 0 saturated carbocycles. The first-order valence-corrected chi connectivity index (χ1v) is 6.53. The van der Waals surface area contributed by atoms with E-state index in [1.165, 1.54) is 12.1 Å². The number of carbonyl (C=O) groups is 1. The Bertz CT molecular complexity index is 424. The van der Waals surface area contributed by atoms with Gasteiger partial charge in [0.05, 0.1) is 0 Å². The zero-order valence-electron chi connectivity index (χ0n) is 11.4. The van der Waals surface area contributed by atoms with Crippen LogP contribution < -0.4 is 15.8 Å². The average Bonchev–Trinajstić information content (AvgIpc) is 2.37. The van der Waals surface area contributed by atoms with E-state index >= 15 is 0 Å². The van der Waals surface area contributed by atoms with Gasteiger partial charge in [-0.05, 0) is 37.1 Å². The minimum atomic E-state index is -0.793. The van der Waals surface area contributed by atoms with Crippen LogP contribution >= 0.6 is 0 Å². The molecule has 0 aliphatic carbocycles. The van der Waals surface area contributed by atoms with Gasteiger partial charge in [-0.25, -0.2) is 4.39 Å². The minimum Gasteiger partial charge on any atom is -0.478 e. The van der Waals surface area contributed by atoms with Gasteiger partial charge in [-0.2, -0.15) is 0 Å². The van der Waals surface area contributed by atoms with Crippen molar-refractivity contribution in [3.63, 3.8) is 0 Å². The van der Waals surface area contributed by atoms with Crippen molar-refractivity contribution in [3.8, 4) is 5.75 Å². The van der Waals surface area contributed by atoms with E-state index in [1.54, 1.807) is 13.0 Å². The van der Waals surface area contributed by atoms with Gasteiger partial charge >= 0.3 is 0 Å². The van der Waals surface area contributed by atoms with Crippen molar-refractivity contribution in [1.29, 1.82) is 0 Å². The molecule has 1 aromatic rings. The Morgan fingerprint density at radius 3 is 2.74 bits per heavy atom. The monoisotopic (exact) mass is 268 g/mol. The van der Waals surface area contributed by atoms with Crippen LogP contribution in [0, 0.1) is 5.82 Å². The second-order valence-corrected chi connectivity index (χ2v) is 4.36. The van der Waals surface area contributed by atoms with E-state index in [2.05, 4.69) is 12.2 Å². The fourth-order valence-electron chi connectivity index (χ4n) is 1.66. The van der Waals surface area contributed by atoms with Gasteiger partial charge in [-0.1, -0.05) is 19.9 Å². The van der Waals surface area contributed by atoms with Crippen LogP contribution in [0.5, 0.6) is 5.75 Å². The molecule has 5 heteroatoms. The summed E-state index contributed by atoms with van der Waals surface area (Å²) in [6, 6.07) is 4.71. The van der Waals surface area contributed by atoms with Crippen molar-refractivity contribution in [3.05, 3.63) is 29.6 Å². The third-order valence-electron chi connectivity index (χ3n) is 2.71. The van der Waals surface area contributed by atoms with Crippen molar-refractivity contribution >= 4 is 5.91 Å². The molecule has 1 atom stereocenters. The standard InChI is InChI=1S/C14H21FN2O2/c1-3-7-17-9-10-5-6-13(11(15)8-10)19-12(4-2)14(16)18/h5-6,8,12,17H,3-4,7,9H2,1-2H3,(H2,16,18). The molecule has 0 bridgehead atoms. The molecule has 4 nitrogen and oxygen atoms in total. The van der Waals surface area contributed by atoms with E-state index in [-0.39, 0.29) is 5.75 Å². The molecule has 3 N–H and O–H groups in total. The molecule has 1 aromatic carbocycles. The molecule has 0 aliphatic rings. The van der Waals surface area contributed by atoms with E-state index in [4.69, 9.17) is 10.5 Å². The summed E-state index contributed by atoms with van der Waals surface area (Å²) in [5, 5.41) is 3.19. The van der Waals surface area contributed by atoms with Crippen molar-refractivity contribution in [1.82, 2.24) is 5.32 Å². The van der Waals surface area contributed by atoms with Gasteiger partial charge in [-0.3, -0.25) is 4.79 Å². The number of ether oxygens (including phenoxy) is 1. The van der Waals surface area contributed by atoms with Crippen LogP contribution in [0.1, 0.15) is 32.3 Å². The van der Waals surface area contributed by atoms with Gasteiger partial charge in [0.1, 0.15) is 0 Å². The minimum absolute atomic E-state index is 0.0601. The summed E-state index contributed by atoms with van der Waals surface area (Å²) >= 11 is 0. The summed E-state index contributed by atoms with van der Waals surface area (Å²) in [4.78, 5) is 11.1. The lowest BCUT2D eigenvalue weighted by atomic mass is 10.2. The molecule has 0 saturated heterocycles. The molecule has 0 heterocycles. The number of nitrogens with one attached hydrogen (secondary N) is 1. The highest BCUT2D eigenvalue weighted by atomic mass is 19.1. The highest BCUT2D eigenvalue weighted by Gasteiger charge is 2.16. The number of nitrogens with two attached hydrogens (primary N) is 1. The number of carbonyl (C=O) groups excluding carboxylic acids is 1. The molecule has 19 heavy (non-hydrogen) atoms. The fourth-order valence-corrected chi connectivity index (χ4v) is 1.66. The van der Waals surface area contributed by atoms with Crippen molar-refractivity contribution in [2.75, 3.05) is 6.54 Å². The topological polar surface area (TPSA) is 64.3 Å². The SMILES string of the molecule is CCCNCc1ccc(OC(CC)C(N)=O)c(F)c1. The average molecular weight is 268 g/mol. The van der Waals surface area contributed by atoms with Crippen molar-refractivity contribution in [2.24, 2.45) is 5.73 Å². The second kappa shape index (κ2) is 7.74. The lowest BCUT2D eigenvalue weighted by Crippen LogP contribution is -2.33. The lowest BCUT2D eigenvalue weighted by molar-refractivity contribution is -0.124. The molecule has 0 aromatic heterocycles. The summed E-state index contributed by atoms with van der Waals surface area (Å²) in [5.74, 6) is -1.00. The number of primary amides is 1. The third kappa shape index (κ3) is 4.87. The molecule has 1 unspecified atom stereocenters. The molecule has 0 fully saturated rings. The molecular weight excluding hydrogens is 247 g/mol. The Balaban J connectivity index is 2.68. The second-order valence-electron chi connectivity index (χ2n) is 4.36. The van der Waals surface area contributed by atoms with E-state index in [1.807, 2.05) is 0 Å². The molecule has 0 aliphatic heterocycles. The van der Waals surface area contributed by atoms with Crippen LogP contribution in [0.2, 0.25) is 0 Å². The summed E-state index contributed by atoms with van der Waals surface area (Å²) in [7, 11) is 0. The molecule has 1 rings (SSSR count). The Labute approximate surface area is 113 Å². The predicted molar refractivity (Wildman–Crippen MR) is 72.3 cm³/mol. The van der Waals surface area contributed by atoms with Crippen molar-refractivity contribution < 1.29 is 13.9 Å². The number of rotatable bonds is 8. The normalized spacial score (nSPS) is 12.2. The maximum Gasteiger partial charge on any atom is 0.258 e. The van der Waals surface area contributed by atoms with E-state index in [0.717, 1.165) is 18.5 Å². The maximum atomic E-state index is 13.8. The van der Waals surface area contributed by atoms with Crippen LogP contribution in [0.25, 0.3) is 0 Å². The summed E-state index contributed by atoms with van der Waals surface area (Å²) in [6.07, 6.45) is 0.647. The zero-order chi connectivity index (χ0) is 14.3. The van der Waals surface area contributed by atoms with Gasteiger partial charge < -0.3 is 15.8 Å². The molecule has 0 spiro atoms. The van der Waals surface area contributed by atoms with Gasteiger partial charge in [0.2, 0.25) is 0 Å². The quantitative estimate of drug-likeness (QED) is 0.708. The zero-order valence-corrected chi connectivity index (χ0v) is 11.4. The van der Waals surface area contributed by atoms with Crippen LogP contribution in [0.4, 0.5) is 4.39 Å². The van der Waals surface area contributed by atoms with Gasteiger partial charge in [0.25, 0.3) is 5.91 Å². The Morgan fingerprint density at radius 1 is 1.47 bits per heavy atom. The first kappa shape index (κ1) is 15.4. The van der Waals surface area contributed by atoms with Gasteiger partial charge in [-0.15, -0.1) is 0 Å². The molecule has 1 amide bonds. The van der Waals surface area contributed by atoms with Crippen LogP contribution in [-0.4, -0.2) is 18.6 Å². The lowest BCUT2D eigenvalue weighted by Gasteiger charge is -2.15. The molecule has 106 valence electrons. The van der Waals surface area contributed by atoms with Crippen LogP contribution in [-0.2, 0) is 11.3 Å². The Kier molecular flexibility index (Phi) is 6.29. The van der Waals surface area contributed by atoms with E-state index in [0.29, 0.717) is 13.0 Å². The summed E-state index contributed by atoms with van der Waals surface area (Å²) in [5.41, 5.74) is 6.00.